The summed E-state index contributed by atoms with van der Waals surface area (Å²) in [5.41, 5.74) is 19.4. The molecule has 0 saturated carbocycles. The Hall–Kier alpha value is -9.38. The van der Waals surface area contributed by atoms with Crippen LogP contribution in [0.15, 0.2) is 267 Å². The molecule has 0 fully saturated rings. The molecule has 2 aliphatic carbocycles. The van der Waals surface area contributed by atoms with Gasteiger partial charge < -0.3 is 19.3 Å². The molecule has 0 bridgehead atoms. The molecule has 0 amide bonds. The molecule has 0 unspecified atom stereocenters. The van der Waals surface area contributed by atoms with Gasteiger partial charge in [0.15, 0.2) is 23.0 Å². The summed E-state index contributed by atoms with van der Waals surface area (Å²) < 4.78 is 15.3. The first-order valence-electron chi connectivity index (χ1n) is 24.2. The maximum Gasteiger partial charge on any atom is 0.196 e. The molecule has 0 N–H and O–H groups in total. The number of hydrogen-bond acceptors (Lipinski definition) is 4. The van der Waals surface area contributed by atoms with Gasteiger partial charge in [-0.1, -0.05) is 200 Å². The Kier molecular flexibility index (Phi) is 9.39. The van der Waals surface area contributed by atoms with Gasteiger partial charge in [0.05, 0.1) is 16.8 Å². The number of ether oxygens (including phenoxy) is 2. The summed E-state index contributed by atoms with van der Waals surface area (Å²) in [6, 6.07) is 95.1. The molecule has 1 aliphatic heterocycles. The number of rotatable bonds is 8. The zero-order valence-electron chi connectivity index (χ0n) is 38.6. The van der Waals surface area contributed by atoms with E-state index in [9.17, 15) is 0 Å². The summed E-state index contributed by atoms with van der Waals surface area (Å²) >= 11 is 0. The fourth-order valence-corrected chi connectivity index (χ4v) is 11.5. The molecule has 334 valence electrons. The molecule has 1 heterocycles. The molecule has 3 aliphatic rings. The first kappa shape index (κ1) is 40.7. The highest BCUT2D eigenvalue weighted by molar-refractivity contribution is 5.99. The second-order valence-electron chi connectivity index (χ2n) is 18.3. The van der Waals surface area contributed by atoms with Crippen molar-refractivity contribution in [1.82, 2.24) is 0 Å². The molecule has 0 aromatic heterocycles. The zero-order chi connectivity index (χ0) is 46.9. The number of nitrogens with zero attached hydrogens (tertiary/aromatic N) is 2. The van der Waals surface area contributed by atoms with Gasteiger partial charge in [0, 0.05) is 28.3 Å². The topological polar surface area (TPSA) is 24.9 Å². The summed E-state index contributed by atoms with van der Waals surface area (Å²) in [5.74, 6) is 2.59. The highest BCUT2D eigenvalue weighted by atomic mass is 16.6. The van der Waals surface area contributed by atoms with Crippen LogP contribution in [-0.4, -0.2) is 0 Å². The smallest absolute Gasteiger partial charge is 0.196 e. The molecule has 1 spiro atoms. The average molecular weight is 909 g/mol. The Morgan fingerprint density at radius 1 is 0.254 bits per heavy atom. The predicted molar refractivity (Wildman–Crippen MR) is 290 cm³/mol. The largest absolute Gasteiger partial charge is 0.447 e. The summed E-state index contributed by atoms with van der Waals surface area (Å²) in [4.78, 5) is 4.56. The Labute approximate surface area is 413 Å². The van der Waals surface area contributed by atoms with Gasteiger partial charge in [-0.05, 0) is 128 Å². The van der Waals surface area contributed by atoms with E-state index in [1.54, 1.807) is 0 Å². The van der Waals surface area contributed by atoms with Crippen molar-refractivity contribution in [3.05, 3.63) is 289 Å². The van der Waals surface area contributed by atoms with E-state index in [1.165, 1.54) is 38.9 Å². The number of fused-ring (bicyclic) bond motifs is 13. The minimum atomic E-state index is -0.547. The van der Waals surface area contributed by atoms with Crippen molar-refractivity contribution in [3.8, 4) is 67.5 Å². The normalized spacial score (nSPS) is 12.8. The van der Waals surface area contributed by atoms with E-state index >= 15 is 0 Å². The van der Waals surface area contributed by atoms with Gasteiger partial charge in [-0.2, -0.15) is 0 Å². The molecule has 71 heavy (non-hydrogen) atoms. The maximum atomic E-state index is 7.75. The number of hydrogen-bond donors (Lipinski definition) is 0. The highest BCUT2D eigenvalue weighted by Crippen LogP contribution is 2.68. The lowest BCUT2D eigenvalue weighted by Crippen LogP contribution is -2.25. The van der Waals surface area contributed by atoms with Gasteiger partial charge in [-0.25, -0.2) is 0 Å². The van der Waals surface area contributed by atoms with Crippen molar-refractivity contribution in [2.45, 2.75) is 5.41 Å². The Morgan fingerprint density at radius 3 is 1.10 bits per heavy atom. The fourth-order valence-electron chi connectivity index (χ4n) is 11.5. The van der Waals surface area contributed by atoms with Gasteiger partial charge in [0.1, 0.15) is 0 Å². The van der Waals surface area contributed by atoms with E-state index in [0.717, 1.165) is 61.9 Å². The van der Waals surface area contributed by atoms with Crippen LogP contribution in [0.3, 0.4) is 0 Å². The average Bonchev–Trinajstić information content (AvgIpc) is 3.92. The lowest BCUT2D eigenvalue weighted by molar-refractivity contribution is 0.362. The van der Waals surface area contributed by atoms with Crippen LogP contribution >= 0.6 is 0 Å². The van der Waals surface area contributed by atoms with Crippen molar-refractivity contribution < 1.29 is 9.47 Å². The molecular formula is C67H44N2O2. The summed E-state index contributed by atoms with van der Waals surface area (Å²) in [6.07, 6.45) is 0. The minimum absolute atomic E-state index is 0.547. The van der Waals surface area contributed by atoms with Gasteiger partial charge in [-0.3, -0.25) is 0 Å². The molecule has 0 atom stereocenters. The first-order valence-corrected chi connectivity index (χ1v) is 24.2. The fraction of sp³-hybridized carbons (Fsp3) is 0.0149. The van der Waals surface area contributed by atoms with Crippen molar-refractivity contribution in [2.24, 2.45) is 0 Å². The van der Waals surface area contributed by atoms with E-state index in [0.29, 0.717) is 23.0 Å². The van der Waals surface area contributed by atoms with Gasteiger partial charge in [0.25, 0.3) is 0 Å². The predicted octanol–water partition coefficient (Wildman–Crippen LogP) is 18.2. The number of para-hydroxylation sites is 2. The second-order valence-corrected chi connectivity index (χ2v) is 18.3. The van der Waals surface area contributed by atoms with Crippen LogP contribution in [0.5, 0.6) is 23.0 Å². The maximum absolute atomic E-state index is 7.75. The van der Waals surface area contributed by atoms with Crippen LogP contribution in [0.4, 0.5) is 34.1 Å². The third-order valence-corrected chi connectivity index (χ3v) is 14.5. The Balaban J connectivity index is 1.01. The van der Waals surface area contributed by atoms with Crippen LogP contribution in [0.1, 0.15) is 22.3 Å². The molecule has 0 radical (unpaired) electrons. The Morgan fingerprint density at radius 2 is 0.620 bits per heavy atom. The van der Waals surface area contributed by atoms with Crippen LogP contribution < -0.4 is 19.3 Å². The van der Waals surface area contributed by atoms with Crippen molar-refractivity contribution >= 4 is 34.1 Å². The lowest BCUT2D eigenvalue weighted by atomic mass is 9.70. The van der Waals surface area contributed by atoms with E-state index in [1.807, 2.05) is 0 Å². The van der Waals surface area contributed by atoms with Crippen LogP contribution in [0.2, 0.25) is 0 Å². The third-order valence-electron chi connectivity index (χ3n) is 14.5. The summed E-state index contributed by atoms with van der Waals surface area (Å²) in [7, 11) is 0. The lowest BCUT2D eigenvalue weighted by Gasteiger charge is -2.35. The van der Waals surface area contributed by atoms with Crippen LogP contribution in [0, 0.1) is 0 Å². The van der Waals surface area contributed by atoms with Gasteiger partial charge in [0.2, 0.25) is 0 Å². The van der Waals surface area contributed by atoms with Gasteiger partial charge >= 0.3 is 0 Å². The number of benzene rings is 11. The van der Waals surface area contributed by atoms with Crippen molar-refractivity contribution in [2.75, 3.05) is 9.80 Å². The standard InChI is InChI=1S/C67H44N2O2/c1-5-19-45(20-6-1)47-33-37-51(38-34-47)68(49-23-9-3-10-24-49)60-42-43-61(69(50-25-11-4-12-26-50)52-39-35-48(36-40-52)46-21-7-2-8-22-46)65-64(60)70-62-44-41-59-63(66(62)71-65)55-29-15-18-32-58(55)67(59)56-30-16-13-27-53(56)54-28-14-17-31-57(54)67/h1-44H. The van der Waals surface area contributed by atoms with E-state index in [2.05, 4.69) is 277 Å². The molecular weight excluding hydrogens is 865 g/mol. The Bertz CT molecular complexity index is 3750. The SMILES string of the molecule is c1ccc(-c2ccc(N(c3ccccc3)c3ccc(N(c4ccccc4)c4ccc(-c5ccccc5)cc4)c4c3Oc3ccc5c(c3O4)-c3ccccc3C53c4ccccc4-c4ccccc43)cc2)cc1. The molecule has 4 nitrogen and oxygen atoms in total. The highest BCUT2D eigenvalue weighted by Gasteiger charge is 2.53. The van der Waals surface area contributed by atoms with Crippen molar-refractivity contribution in [1.29, 1.82) is 0 Å². The zero-order valence-corrected chi connectivity index (χ0v) is 38.6. The van der Waals surface area contributed by atoms with E-state index in [4.69, 9.17) is 9.47 Å². The molecule has 11 aromatic carbocycles. The summed E-state index contributed by atoms with van der Waals surface area (Å²) in [5, 5.41) is 0. The van der Waals surface area contributed by atoms with Crippen LogP contribution in [0.25, 0.3) is 44.5 Å². The minimum Gasteiger partial charge on any atom is -0.447 e. The molecule has 14 rings (SSSR count). The number of anilines is 6. The third kappa shape index (κ3) is 6.32. The quantitative estimate of drug-likeness (QED) is 0.152. The van der Waals surface area contributed by atoms with Crippen LogP contribution in [-0.2, 0) is 5.41 Å². The van der Waals surface area contributed by atoms with Crippen molar-refractivity contribution in [3.63, 3.8) is 0 Å². The molecule has 0 saturated heterocycles. The first-order chi connectivity index (χ1) is 35.2. The second kappa shape index (κ2) is 16.4. The van der Waals surface area contributed by atoms with E-state index < -0.39 is 5.41 Å². The van der Waals surface area contributed by atoms with Gasteiger partial charge in [-0.15, -0.1) is 0 Å². The molecule has 4 heteroatoms. The van der Waals surface area contributed by atoms with E-state index in [-0.39, 0.29) is 0 Å². The summed E-state index contributed by atoms with van der Waals surface area (Å²) in [6.45, 7) is 0. The monoisotopic (exact) mass is 908 g/mol. The molecule has 11 aromatic rings.